The Balaban J connectivity index is 1.82. The lowest BCUT2D eigenvalue weighted by atomic mass is 9.93. The number of nitrogens with zero attached hydrogens (tertiary/aromatic N) is 1. The van der Waals surface area contributed by atoms with E-state index in [4.69, 9.17) is 0 Å². The summed E-state index contributed by atoms with van der Waals surface area (Å²) in [4.78, 5) is 26.1. The smallest absolute Gasteiger partial charge is 0.335 e. The molecule has 0 aromatic heterocycles. The van der Waals surface area contributed by atoms with Crippen molar-refractivity contribution in [3.05, 3.63) is 70.3 Å². The first-order chi connectivity index (χ1) is 11.5. The molecule has 1 amide bonds. The molecular formula is C20H21NO3. The van der Waals surface area contributed by atoms with Crippen LogP contribution in [-0.4, -0.2) is 35.0 Å². The van der Waals surface area contributed by atoms with Gasteiger partial charge < -0.3 is 10.0 Å². The van der Waals surface area contributed by atoms with Crippen LogP contribution in [0.1, 0.15) is 49.7 Å². The van der Waals surface area contributed by atoms with Crippen molar-refractivity contribution in [1.29, 1.82) is 0 Å². The molecule has 0 unspecified atom stereocenters. The van der Waals surface area contributed by atoms with Gasteiger partial charge in [0.15, 0.2) is 0 Å². The van der Waals surface area contributed by atoms with Gasteiger partial charge in [0.05, 0.1) is 5.56 Å². The summed E-state index contributed by atoms with van der Waals surface area (Å²) in [6.07, 6.45) is 0.793. The molecule has 4 heteroatoms. The largest absolute Gasteiger partial charge is 0.478 e. The highest BCUT2D eigenvalue weighted by Crippen LogP contribution is 2.31. The number of hydrogen-bond donors (Lipinski definition) is 1. The minimum atomic E-state index is -0.912. The maximum Gasteiger partial charge on any atom is 0.335 e. The fourth-order valence-corrected chi connectivity index (χ4v) is 3.40. The van der Waals surface area contributed by atoms with Gasteiger partial charge >= 0.3 is 5.97 Å². The topological polar surface area (TPSA) is 57.6 Å². The molecule has 2 aromatic carbocycles. The molecule has 1 aliphatic heterocycles. The summed E-state index contributed by atoms with van der Waals surface area (Å²) in [5.74, 6) is -0.803. The molecule has 3 rings (SSSR count). The summed E-state index contributed by atoms with van der Waals surface area (Å²) >= 11 is 0. The normalized spacial score (nSPS) is 17.1. The van der Waals surface area contributed by atoms with E-state index in [1.165, 1.54) is 0 Å². The fraction of sp³-hybridized carbons (Fsp3) is 0.300. The Morgan fingerprint density at radius 1 is 1.04 bits per heavy atom. The third-order valence-corrected chi connectivity index (χ3v) is 4.94. The molecule has 2 aromatic rings. The lowest BCUT2D eigenvalue weighted by Gasteiger charge is -2.19. The van der Waals surface area contributed by atoms with Gasteiger partial charge in [-0.2, -0.15) is 0 Å². The van der Waals surface area contributed by atoms with Gasteiger partial charge in [-0.05, 0) is 49.1 Å². The van der Waals surface area contributed by atoms with E-state index in [9.17, 15) is 14.7 Å². The lowest BCUT2D eigenvalue weighted by molar-refractivity contribution is 0.0695. The molecule has 124 valence electrons. The molecule has 1 fully saturated rings. The van der Waals surface area contributed by atoms with E-state index in [-0.39, 0.29) is 11.8 Å². The number of hydrogen-bond acceptors (Lipinski definition) is 2. The predicted molar refractivity (Wildman–Crippen MR) is 92.6 cm³/mol. The number of carbonyl (C=O) groups is 2. The van der Waals surface area contributed by atoms with Crippen molar-refractivity contribution in [2.45, 2.75) is 26.2 Å². The second kappa shape index (κ2) is 6.48. The Hall–Kier alpha value is -2.62. The second-order valence-corrected chi connectivity index (χ2v) is 6.38. The van der Waals surface area contributed by atoms with Crippen molar-refractivity contribution in [3.63, 3.8) is 0 Å². The monoisotopic (exact) mass is 323 g/mol. The number of likely N-dealkylation sites (tertiary alicyclic amines) is 1. The van der Waals surface area contributed by atoms with Gasteiger partial charge in [0.2, 0.25) is 0 Å². The van der Waals surface area contributed by atoms with Crippen LogP contribution in [0.25, 0.3) is 0 Å². The Bertz CT molecular complexity index is 797. The minimum absolute atomic E-state index is 0.0338. The number of amides is 1. The van der Waals surface area contributed by atoms with Crippen LogP contribution in [0.15, 0.2) is 42.5 Å². The molecule has 0 aliphatic carbocycles. The molecule has 0 saturated carbocycles. The minimum Gasteiger partial charge on any atom is -0.478 e. The van der Waals surface area contributed by atoms with Crippen molar-refractivity contribution in [2.75, 3.05) is 13.1 Å². The summed E-state index contributed by atoms with van der Waals surface area (Å²) in [5, 5.41) is 9.37. The molecule has 1 atom stereocenters. The zero-order valence-corrected chi connectivity index (χ0v) is 14.0. The average molecular weight is 323 g/mol. The van der Waals surface area contributed by atoms with Crippen LogP contribution in [-0.2, 0) is 0 Å². The average Bonchev–Trinajstić information content (AvgIpc) is 3.06. The molecule has 24 heavy (non-hydrogen) atoms. The number of aryl methyl sites for hydroxylation is 1. The quantitative estimate of drug-likeness (QED) is 0.938. The zero-order valence-electron chi connectivity index (χ0n) is 14.0. The van der Waals surface area contributed by atoms with Crippen LogP contribution in [0.2, 0.25) is 0 Å². The van der Waals surface area contributed by atoms with E-state index in [2.05, 4.69) is 0 Å². The van der Waals surface area contributed by atoms with Crippen LogP contribution in [0, 0.1) is 13.8 Å². The van der Waals surface area contributed by atoms with E-state index in [0.717, 1.165) is 28.7 Å². The Morgan fingerprint density at radius 2 is 1.75 bits per heavy atom. The van der Waals surface area contributed by atoms with E-state index in [0.29, 0.717) is 18.7 Å². The van der Waals surface area contributed by atoms with E-state index in [1.54, 1.807) is 12.1 Å². The molecule has 1 N–H and O–H groups in total. The number of benzene rings is 2. The summed E-state index contributed by atoms with van der Waals surface area (Å²) in [6.45, 7) is 5.19. The summed E-state index contributed by atoms with van der Waals surface area (Å²) in [6, 6.07) is 12.9. The zero-order chi connectivity index (χ0) is 17.3. The van der Waals surface area contributed by atoms with Crippen LogP contribution in [0.3, 0.4) is 0 Å². The molecule has 4 nitrogen and oxygen atoms in total. The molecule has 1 saturated heterocycles. The molecule has 0 spiro atoms. The van der Waals surface area contributed by atoms with Gasteiger partial charge in [0, 0.05) is 24.6 Å². The lowest BCUT2D eigenvalue weighted by Crippen LogP contribution is -2.29. The summed E-state index contributed by atoms with van der Waals surface area (Å²) < 4.78 is 0. The fourth-order valence-electron chi connectivity index (χ4n) is 3.40. The second-order valence-electron chi connectivity index (χ2n) is 6.38. The van der Waals surface area contributed by atoms with Crippen LogP contribution in [0.5, 0.6) is 0 Å². The van der Waals surface area contributed by atoms with Gasteiger partial charge in [0.1, 0.15) is 0 Å². The third-order valence-electron chi connectivity index (χ3n) is 4.94. The highest BCUT2D eigenvalue weighted by atomic mass is 16.4. The maximum atomic E-state index is 12.8. The van der Waals surface area contributed by atoms with Gasteiger partial charge in [0.25, 0.3) is 5.91 Å². The van der Waals surface area contributed by atoms with Crippen molar-refractivity contribution in [3.8, 4) is 0 Å². The highest BCUT2D eigenvalue weighted by molar-refractivity contribution is 5.96. The van der Waals surface area contributed by atoms with Crippen LogP contribution < -0.4 is 0 Å². The first-order valence-corrected chi connectivity index (χ1v) is 8.16. The SMILES string of the molecule is Cc1cccc(C(=O)N2CC[C@H](c3ccccc3C(=O)O)C2)c1C. The Kier molecular flexibility index (Phi) is 4.38. The van der Waals surface area contributed by atoms with Crippen LogP contribution in [0.4, 0.5) is 0 Å². The van der Waals surface area contributed by atoms with Crippen molar-refractivity contribution < 1.29 is 14.7 Å². The predicted octanol–water partition coefficient (Wildman–Crippen LogP) is 3.63. The van der Waals surface area contributed by atoms with E-state index >= 15 is 0 Å². The first kappa shape index (κ1) is 16.2. The van der Waals surface area contributed by atoms with Crippen molar-refractivity contribution in [2.24, 2.45) is 0 Å². The van der Waals surface area contributed by atoms with Gasteiger partial charge in [-0.3, -0.25) is 4.79 Å². The number of aromatic carboxylic acids is 1. The summed E-state index contributed by atoms with van der Waals surface area (Å²) in [5.41, 5.74) is 4.01. The number of carboxylic acid groups (broad SMARTS) is 1. The molecule has 0 radical (unpaired) electrons. The van der Waals surface area contributed by atoms with E-state index < -0.39 is 5.97 Å². The number of carboxylic acids is 1. The van der Waals surface area contributed by atoms with Gasteiger partial charge in [-0.25, -0.2) is 4.79 Å². The van der Waals surface area contributed by atoms with Gasteiger partial charge in [-0.1, -0.05) is 30.3 Å². The Morgan fingerprint density at radius 3 is 2.50 bits per heavy atom. The standard InChI is InChI=1S/C20H21NO3/c1-13-6-5-9-16(14(13)2)19(22)21-11-10-15(12-21)17-7-3-4-8-18(17)20(23)24/h3-9,15H,10-12H2,1-2H3,(H,23,24)/t15-/m0/s1. The molecule has 1 heterocycles. The number of carbonyl (C=O) groups excluding carboxylic acids is 1. The maximum absolute atomic E-state index is 12.8. The molecule has 0 bridgehead atoms. The van der Waals surface area contributed by atoms with E-state index in [1.807, 2.05) is 49.1 Å². The Labute approximate surface area is 141 Å². The summed E-state index contributed by atoms with van der Waals surface area (Å²) in [7, 11) is 0. The number of rotatable bonds is 3. The molecule has 1 aliphatic rings. The third kappa shape index (κ3) is 2.92. The van der Waals surface area contributed by atoms with Crippen molar-refractivity contribution >= 4 is 11.9 Å². The van der Waals surface area contributed by atoms with Crippen molar-refractivity contribution in [1.82, 2.24) is 4.90 Å². The van der Waals surface area contributed by atoms with Crippen LogP contribution >= 0.6 is 0 Å². The first-order valence-electron chi connectivity index (χ1n) is 8.16. The highest BCUT2D eigenvalue weighted by Gasteiger charge is 2.30. The van der Waals surface area contributed by atoms with Gasteiger partial charge in [-0.15, -0.1) is 0 Å². The molecular weight excluding hydrogens is 302 g/mol.